The number of aliphatic hydroxyl groups excluding tert-OH is 4. The monoisotopic (exact) mass is 501 g/mol. The number of hydrogen-bond donors (Lipinski definition) is 4. The molecule has 2 aromatic rings. The Kier molecular flexibility index (Phi) is 5.29. The van der Waals surface area contributed by atoms with E-state index < -0.39 is 43.5 Å². The zero-order chi connectivity index (χ0) is 24.6. The highest BCUT2D eigenvalue weighted by Gasteiger charge is 2.48. The minimum Gasteiger partial charge on any atom is -0.454 e. The van der Waals surface area contributed by atoms with Crippen molar-refractivity contribution in [3.8, 4) is 23.0 Å². The molecule has 0 aliphatic carbocycles. The van der Waals surface area contributed by atoms with Crippen molar-refractivity contribution >= 4 is 0 Å². The molecule has 11 nitrogen and oxygen atoms in total. The van der Waals surface area contributed by atoms with E-state index in [1.807, 2.05) is 24.3 Å². The molecule has 0 spiro atoms. The van der Waals surface area contributed by atoms with Gasteiger partial charge in [0.15, 0.2) is 29.3 Å². The Morgan fingerprint density at radius 2 is 1.44 bits per heavy atom. The average Bonchev–Trinajstić information content (AvgIpc) is 3.54. The Balaban J connectivity index is 1.29. The molecule has 5 aliphatic rings. The van der Waals surface area contributed by atoms with Gasteiger partial charge in [0, 0.05) is 18.2 Å². The Bertz CT molecular complexity index is 1190. The molecule has 0 radical (unpaired) electrons. The molecule has 0 amide bonds. The third-order valence-corrected chi connectivity index (χ3v) is 7.76. The minimum absolute atomic E-state index is 0.0639. The topological polar surface area (TPSA) is 140 Å². The molecule has 0 bridgehead atoms. The summed E-state index contributed by atoms with van der Waals surface area (Å²) in [6, 6.07) is 7.85. The first kappa shape index (κ1) is 22.5. The largest absolute Gasteiger partial charge is 0.454 e. The molecular formula is C25H27NO10. The predicted octanol–water partition coefficient (Wildman–Crippen LogP) is 0.115. The van der Waals surface area contributed by atoms with E-state index in [2.05, 4.69) is 4.90 Å². The SMILES string of the molecule is OC[C@H]1O[C@@H](O[C@H]2c3cc4c(cc3C[C@@H]3c5cc6c(cc5CCN32)OCO6)OCO4)[C@H](O)[C@@H](O)[C@@H]1O. The van der Waals surface area contributed by atoms with Crippen molar-refractivity contribution in [2.75, 3.05) is 26.7 Å². The number of benzene rings is 2. The van der Waals surface area contributed by atoms with Crippen LogP contribution < -0.4 is 18.9 Å². The molecule has 36 heavy (non-hydrogen) atoms. The van der Waals surface area contributed by atoms with Gasteiger partial charge < -0.3 is 48.8 Å². The van der Waals surface area contributed by atoms with Gasteiger partial charge in [-0.25, -0.2) is 0 Å². The molecule has 2 aromatic carbocycles. The number of rotatable bonds is 3. The summed E-state index contributed by atoms with van der Waals surface area (Å²) in [5.41, 5.74) is 4.13. The highest BCUT2D eigenvalue weighted by Crippen LogP contribution is 2.50. The molecule has 4 N–H and O–H groups in total. The molecule has 7 rings (SSSR count). The van der Waals surface area contributed by atoms with Crippen LogP contribution in [0.2, 0.25) is 0 Å². The van der Waals surface area contributed by atoms with E-state index in [4.69, 9.17) is 28.4 Å². The maximum atomic E-state index is 10.7. The van der Waals surface area contributed by atoms with Crippen molar-refractivity contribution in [3.05, 3.63) is 46.5 Å². The first-order valence-corrected chi connectivity index (χ1v) is 12.1. The smallest absolute Gasteiger partial charge is 0.231 e. The summed E-state index contributed by atoms with van der Waals surface area (Å²) < 4.78 is 34.5. The Hall–Kier alpha value is -2.64. The molecular weight excluding hydrogens is 474 g/mol. The molecule has 11 heteroatoms. The quantitative estimate of drug-likeness (QED) is 0.456. The number of nitrogens with zero attached hydrogens (tertiary/aromatic N) is 1. The van der Waals surface area contributed by atoms with Crippen LogP contribution >= 0.6 is 0 Å². The van der Waals surface area contributed by atoms with Crippen molar-refractivity contribution in [2.45, 2.75) is 55.8 Å². The molecule has 0 unspecified atom stereocenters. The summed E-state index contributed by atoms with van der Waals surface area (Å²) in [4.78, 5) is 2.19. The zero-order valence-electron chi connectivity index (χ0n) is 19.3. The van der Waals surface area contributed by atoms with Crippen molar-refractivity contribution < 1.29 is 48.8 Å². The van der Waals surface area contributed by atoms with Crippen LogP contribution in [0, 0.1) is 0 Å². The van der Waals surface area contributed by atoms with E-state index in [0.29, 0.717) is 30.2 Å². The van der Waals surface area contributed by atoms with Crippen LogP contribution in [0.4, 0.5) is 0 Å². The molecule has 5 aliphatic heterocycles. The van der Waals surface area contributed by atoms with Crippen LogP contribution in [-0.2, 0) is 22.3 Å². The van der Waals surface area contributed by atoms with Gasteiger partial charge in [0.1, 0.15) is 30.6 Å². The van der Waals surface area contributed by atoms with Gasteiger partial charge >= 0.3 is 0 Å². The predicted molar refractivity (Wildman–Crippen MR) is 120 cm³/mol. The zero-order valence-corrected chi connectivity index (χ0v) is 19.3. The fourth-order valence-corrected chi connectivity index (χ4v) is 5.87. The fraction of sp³-hybridized carbons (Fsp3) is 0.520. The number of hydrogen-bond acceptors (Lipinski definition) is 11. The first-order chi connectivity index (χ1) is 17.5. The van der Waals surface area contributed by atoms with Crippen LogP contribution in [0.25, 0.3) is 0 Å². The lowest BCUT2D eigenvalue weighted by Gasteiger charge is -2.48. The van der Waals surface area contributed by atoms with E-state index in [1.54, 1.807) is 0 Å². The second-order valence-corrected chi connectivity index (χ2v) is 9.70. The summed E-state index contributed by atoms with van der Waals surface area (Å²) in [6.45, 7) is 0.461. The van der Waals surface area contributed by atoms with Gasteiger partial charge in [0.05, 0.1) is 6.61 Å². The van der Waals surface area contributed by atoms with Crippen molar-refractivity contribution in [2.24, 2.45) is 0 Å². The fourth-order valence-electron chi connectivity index (χ4n) is 5.87. The number of fused-ring (bicyclic) bond motifs is 6. The van der Waals surface area contributed by atoms with Gasteiger partial charge in [-0.05, 0) is 53.8 Å². The maximum Gasteiger partial charge on any atom is 0.231 e. The molecule has 192 valence electrons. The lowest BCUT2D eigenvalue weighted by atomic mass is 9.83. The first-order valence-electron chi connectivity index (χ1n) is 12.1. The summed E-state index contributed by atoms with van der Waals surface area (Å²) in [7, 11) is 0. The Morgan fingerprint density at radius 3 is 2.14 bits per heavy atom. The number of ether oxygens (including phenoxy) is 6. The molecule has 1 fully saturated rings. The summed E-state index contributed by atoms with van der Waals surface area (Å²) in [5, 5.41) is 40.8. The van der Waals surface area contributed by atoms with Crippen LogP contribution in [-0.4, -0.2) is 82.8 Å². The third-order valence-electron chi connectivity index (χ3n) is 7.76. The Morgan fingerprint density at radius 1 is 0.806 bits per heavy atom. The maximum absolute atomic E-state index is 10.7. The van der Waals surface area contributed by atoms with E-state index >= 15 is 0 Å². The van der Waals surface area contributed by atoms with Gasteiger partial charge in [-0.1, -0.05) is 0 Å². The van der Waals surface area contributed by atoms with E-state index in [0.717, 1.165) is 28.9 Å². The van der Waals surface area contributed by atoms with Gasteiger partial charge in [0.2, 0.25) is 13.6 Å². The number of aliphatic hydroxyl groups is 4. The normalized spacial score (nSPS) is 34.2. The molecule has 0 saturated carbocycles. The summed E-state index contributed by atoms with van der Waals surface area (Å²) in [6.07, 6.45) is -6.06. The molecule has 0 aromatic heterocycles. The minimum atomic E-state index is -1.53. The lowest BCUT2D eigenvalue weighted by Crippen LogP contribution is -2.60. The molecule has 5 heterocycles. The molecule has 1 saturated heterocycles. The van der Waals surface area contributed by atoms with E-state index in [1.165, 1.54) is 5.56 Å². The van der Waals surface area contributed by atoms with Crippen LogP contribution in [0.3, 0.4) is 0 Å². The van der Waals surface area contributed by atoms with Gasteiger partial charge in [-0.3, -0.25) is 4.90 Å². The lowest BCUT2D eigenvalue weighted by molar-refractivity contribution is -0.328. The van der Waals surface area contributed by atoms with E-state index in [-0.39, 0.29) is 19.6 Å². The van der Waals surface area contributed by atoms with Gasteiger partial charge in [-0.2, -0.15) is 0 Å². The van der Waals surface area contributed by atoms with Crippen LogP contribution in [0.1, 0.15) is 34.5 Å². The summed E-state index contributed by atoms with van der Waals surface area (Å²) >= 11 is 0. The third kappa shape index (κ3) is 3.39. The Labute approximate surface area is 206 Å². The second kappa shape index (κ2) is 8.45. The highest BCUT2D eigenvalue weighted by molar-refractivity contribution is 5.54. The molecule has 7 atom stereocenters. The standard InChI is InChI=1S/C25H27NO10/c27-8-20-21(28)22(29)23(30)25(35-20)36-24-14-7-19-17(32-10-34-19)5-12(14)3-15-13-6-18-16(31-9-33-18)4-11(13)1-2-26(15)24/h4-7,15,20-25,27-30H,1-3,8-10H2/t15-,20-,21-,22+,23-,24+,25+/m1/s1. The highest BCUT2D eigenvalue weighted by atomic mass is 16.7. The van der Waals surface area contributed by atoms with Crippen molar-refractivity contribution in [3.63, 3.8) is 0 Å². The van der Waals surface area contributed by atoms with Crippen LogP contribution in [0.15, 0.2) is 24.3 Å². The second-order valence-electron chi connectivity index (χ2n) is 9.70. The average molecular weight is 501 g/mol. The summed E-state index contributed by atoms with van der Waals surface area (Å²) in [5.74, 6) is 2.72. The van der Waals surface area contributed by atoms with E-state index in [9.17, 15) is 20.4 Å². The van der Waals surface area contributed by atoms with Gasteiger partial charge in [-0.15, -0.1) is 0 Å². The van der Waals surface area contributed by atoms with Crippen molar-refractivity contribution in [1.82, 2.24) is 4.90 Å². The van der Waals surface area contributed by atoms with Gasteiger partial charge in [0.25, 0.3) is 0 Å². The van der Waals surface area contributed by atoms with Crippen molar-refractivity contribution in [1.29, 1.82) is 0 Å². The van der Waals surface area contributed by atoms with Crippen LogP contribution in [0.5, 0.6) is 23.0 Å².